The van der Waals surface area contributed by atoms with E-state index in [4.69, 9.17) is 5.11 Å². The van der Waals surface area contributed by atoms with Gasteiger partial charge in [0.15, 0.2) is 0 Å². The molecule has 3 aromatic carbocycles. The van der Waals surface area contributed by atoms with Gasteiger partial charge in [0.05, 0.1) is 5.69 Å². The minimum Gasteiger partial charge on any atom is -0.465 e. The Morgan fingerprint density at radius 3 is 1.92 bits per heavy atom. The van der Waals surface area contributed by atoms with Crippen molar-refractivity contribution in [1.29, 1.82) is 0 Å². The number of hydrogen-bond donors (Lipinski definition) is 2. The molecule has 0 saturated heterocycles. The molecule has 26 heavy (non-hydrogen) atoms. The smallest absolute Gasteiger partial charge is 0.409 e. The van der Waals surface area contributed by atoms with Crippen molar-refractivity contribution in [3.63, 3.8) is 0 Å². The van der Waals surface area contributed by atoms with Crippen LogP contribution in [-0.4, -0.2) is 11.2 Å². The molecule has 2 N–H and O–H groups in total. The second-order valence-corrected chi connectivity index (χ2v) is 7.61. The molecule has 0 aliphatic heterocycles. The first kappa shape index (κ1) is 18.4. The number of nitrogens with one attached hydrogen (secondary N) is 1. The predicted octanol–water partition coefficient (Wildman–Crippen LogP) is 6.36. The van der Waals surface area contributed by atoms with E-state index in [-0.39, 0.29) is 0 Å². The molecule has 0 atom stereocenters. The summed E-state index contributed by atoms with van der Waals surface area (Å²) in [6.07, 6.45) is -1.04. The van der Waals surface area contributed by atoms with Gasteiger partial charge in [0.2, 0.25) is 0 Å². The van der Waals surface area contributed by atoms with E-state index in [9.17, 15) is 4.79 Å². The summed E-state index contributed by atoms with van der Waals surface area (Å²) >= 11 is 3.38. The Bertz CT molecular complexity index is 854. The normalized spacial score (nSPS) is 10.5. The number of thioether (sulfide) groups is 2. The van der Waals surface area contributed by atoms with Crippen molar-refractivity contribution in [2.75, 3.05) is 5.32 Å². The fourth-order valence-corrected chi connectivity index (χ4v) is 4.73. The minimum absolute atomic E-state index is 0.636. The first-order valence-corrected chi connectivity index (χ1v) is 10.2. The van der Waals surface area contributed by atoms with Crippen LogP contribution in [0.25, 0.3) is 0 Å². The molecular weight excluding hydrogens is 362 g/mol. The number of anilines is 1. The van der Waals surface area contributed by atoms with Crippen LogP contribution in [0.4, 0.5) is 10.5 Å². The first-order valence-electron chi connectivity index (χ1n) is 8.19. The summed E-state index contributed by atoms with van der Waals surface area (Å²) in [6.45, 7) is 0. The second-order valence-electron chi connectivity index (χ2n) is 5.61. The van der Waals surface area contributed by atoms with Crippen LogP contribution in [-0.2, 0) is 11.5 Å². The monoisotopic (exact) mass is 381 g/mol. The minimum atomic E-state index is -1.04. The van der Waals surface area contributed by atoms with Gasteiger partial charge in [-0.2, -0.15) is 0 Å². The van der Waals surface area contributed by atoms with E-state index < -0.39 is 6.09 Å². The molecule has 0 saturated carbocycles. The highest BCUT2D eigenvalue weighted by atomic mass is 32.2. The van der Waals surface area contributed by atoms with Crippen LogP contribution in [0.1, 0.15) is 11.1 Å². The summed E-state index contributed by atoms with van der Waals surface area (Å²) in [5.41, 5.74) is 3.09. The predicted molar refractivity (Wildman–Crippen MR) is 110 cm³/mol. The van der Waals surface area contributed by atoms with Crippen LogP contribution in [0, 0.1) is 0 Å². The van der Waals surface area contributed by atoms with Crippen LogP contribution < -0.4 is 5.32 Å². The molecule has 3 rings (SSSR count). The van der Waals surface area contributed by atoms with E-state index in [1.54, 1.807) is 23.5 Å². The molecule has 0 heterocycles. The molecule has 5 heteroatoms. The number of carboxylic acid groups (broad SMARTS) is 1. The fraction of sp³-hybridized carbons (Fsp3) is 0.0952. The summed E-state index contributed by atoms with van der Waals surface area (Å²) < 4.78 is 0. The molecule has 1 amide bonds. The van der Waals surface area contributed by atoms with Gasteiger partial charge in [-0.05, 0) is 23.3 Å². The zero-order valence-electron chi connectivity index (χ0n) is 14.1. The van der Waals surface area contributed by atoms with Gasteiger partial charge < -0.3 is 5.11 Å². The molecule has 0 aliphatic rings. The quantitative estimate of drug-likeness (QED) is 0.467. The van der Waals surface area contributed by atoms with Crippen LogP contribution >= 0.6 is 23.5 Å². The van der Waals surface area contributed by atoms with Crippen molar-refractivity contribution in [3.8, 4) is 0 Å². The Hall–Kier alpha value is -2.37. The van der Waals surface area contributed by atoms with Gasteiger partial charge in [0, 0.05) is 21.3 Å². The third kappa shape index (κ3) is 5.31. The lowest BCUT2D eigenvalue weighted by Gasteiger charge is -2.14. The lowest BCUT2D eigenvalue weighted by Crippen LogP contribution is -2.08. The number of rotatable bonds is 7. The lowest BCUT2D eigenvalue weighted by molar-refractivity contribution is 0.209. The average Bonchev–Trinajstić information content (AvgIpc) is 2.67. The lowest BCUT2D eigenvalue weighted by atomic mass is 10.2. The highest BCUT2D eigenvalue weighted by Crippen LogP contribution is 2.39. The molecule has 132 valence electrons. The Labute approximate surface area is 161 Å². The molecule has 0 aromatic heterocycles. The van der Waals surface area contributed by atoms with E-state index in [0.29, 0.717) is 5.69 Å². The second kappa shape index (κ2) is 9.36. The van der Waals surface area contributed by atoms with Crippen LogP contribution in [0.15, 0.2) is 88.7 Å². The van der Waals surface area contributed by atoms with E-state index in [2.05, 4.69) is 29.6 Å². The van der Waals surface area contributed by atoms with Crippen LogP contribution in [0.3, 0.4) is 0 Å². The van der Waals surface area contributed by atoms with Gasteiger partial charge in [-0.1, -0.05) is 66.7 Å². The van der Waals surface area contributed by atoms with Crippen molar-refractivity contribution in [2.24, 2.45) is 0 Å². The molecule has 0 aliphatic carbocycles. The van der Waals surface area contributed by atoms with Gasteiger partial charge in [0.25, 0.3) is 0 Å². The van der Waals surface area contributed by atoms with E-state index in [0.717, 1.165) is 21.3 Å². The highest BCUT2D eigenvalue weighted by Gasteiger charge is 2.12. The van der Waals surface area contributed by atoms with Gasteiger partial charge >= 0.3 is 6.09 Å². The van der Waals surface area contributed by atoms with Gasteiger partial charge in [0.1, 0.15) is 0 Å². The van der Waals surface area contributed by atoms with Crippen LogP contribution in [0.5, 0.6) is 0 Å². The molecule has 0 unspecified atom stereocenters. The highest BCUT2D eigenvalue weighted by molar-refractivity contribution is 8.01. The SMILES string of the molecule is O=C(O)Nc1cccc(SCc2ccccc2)c1SCc1ccccc1. The van der Waals surface area contributed by atoms with Crippen molar-refractivity contribution in [1.82, 2.24) is 0 Å². The number of amides is 1. The van der Waals surface area contributed by atoms with Crippen LogP contribution in [0.2, 0.25) is 0 Å². The Morgan fingerprint density at radius 2 is 1.35 bits per heavy atom. The number of benzene rings is 3. The zero-order valence-corrected chi connectivity index (χ0v) is 15.7. The van der Waals surface area contributed by atoms with Crippen molar-refractivity contribution >= 4 is 35.3 Å². The third-order valence-electron chi connectivity index (χ3n) is 3.68. The summed E-state index contributed by atoms with van der Waals surface area (Å²) in [6, 6.07) is 26.2. The molecular formula is C21H19NO2S2. The largest absolute Gasteiger partial charge is 0.465 e. The maximum Gasteiger partial charge on any atom is 0.409 e. The number of carbonyl (C=O) groups is 1. The van der Waals surface area contributed by atoms with E-state index in [1.807, 2.05) is 54.6 Å². The Morgan fingerprint density at radius 1 is 0.769 bits per heavy atom. The fourth-order valence-electron chi connectivity index (χ4n) is 2.46. The topological polar surface area (TPSA) is 49.3 Å². The van der Waals surface area contributed by atoms with Crippen molar-refractivity contribution in [2.45, 2.75) is 21.3 Å². The average molecular weight is 382 g/mol. The summed E-state index contributed by atoms with van der Waals surface area (Å²) in [4.78, 5) is 13.2. The van der Waals surface area contributed by atoms with Gasteiger partial charge in [-0.25, -0.2) is 4.79 Å². The maximum atomic E-state index is 11.2. The summed E-state index contributed by atoms with van der Waals surface area (Å²) in [5, 5.41) is 11.7. The Balaban J connectivity index is 1.81. The Kier molecular flexibility index (Phi) is 6.63. The molecule has 0 spiro atoms. The van der Waals surface area contributed by atoms with Crippen molar-refractivity contribution in [3.05, 3.63) is 90.0 Å². The summed E-state index contributed by atoms with van der Waals surface area (Å²) in [7, 11) is 0. The van der Waals surface area contributed by atoms with E-state index >= 15 is 0 Å². The summed E-state index contributed by atoms with van der Waals surface area (Å²) in [5.74, 6) is 1.63. The standard InChI is InChI=1S/C21H19NO2S2/c23-21(24)22-18-12-7-13-19(25-14-16-8-3-1-4-9-16)20(18)26-15-17-10-5-2-6-11-17/h1-13,22H,14-15H2,(H,23,24). The number of hydrogen-bond acceptors (Lipinski definition) is 3. The first-order chi connectivity index (χ1) is 12.7. The van der Waals surface area contributed by atoms with Crippen molar-refractivity contribution < 1.29 is 9.90 Å². The zero-order chi connectivity index (χ0) is 18.2. The van der Waals surface area contributed by atoms with Gasteiger partial charge in [-0.15, -0.1) is 23.5 Å². The maximum absolute atomic E-state index is 11.2. The third-order valence-corrected chi connectivity index (χ3v) is 6.15. The molecule has 0 bridgehead atoms. The molecule has 0 fully saturated rings. The van der Waals surface area contributed by atoms with Gasteiger partial charge in [-0.3, -0.25) is 5.32 Å². The molecule has 0 radical (unpaired) electrons. The van der Waals surface area contributed by atoms with E-state index in [1.165, 1.54) is 11.1 Å². The molecule has 3 aromatic rings. The molecule has 3 nitrogen and oxygen atoms in total.